The van der Waals surface area contributed by atoms with Gasteiger partial charge < -0.3 is 14.7 Å². The number of hydrogen-bond donors (Lipinski definition) is 1. The van der Waals surface area contributed by atoms with E-state index in [-0.39, 0.29) is 6.09 Å². The lowest BCUT2D eigenvalue weighted by Crippen LogP contribution is -2.51. The normalized spacial score (nSPS) is 17.8. The molecule has 1 aromatic heterocycles. The molecule has 0 bridgehead atoms. The number of aliphatic carboxylic acids is 1. The molecule has 0 aliphatic carbocycles. The number of hydrogen-bond acceptors (Lipinski definition) is 5. The van der Waals surface area contributed by atoms with Gasteiger partial charge in [-0.2, -0.15) is 11.3 Å². The molecule has 7 heteroatoms. The Labute approximate surface area is 121 Å². The molecule has 1 saturated heterocycles. The minimum absolute atomic E-state index is 0.324. The van der Waals surface area contributed by atoms with Gasteiger partial charge in [0.2, 0.25) is 0 Å². The van der Waals surface area contributed by atoms with E-state index in [4.69, 9.17) is 4.74 Å². The summed E-state index contributed by atoms with van der Waals surface area (Å²) in [6.45, 7) is 4.17. The van der Waals surface area contributed by atoms with Crippen molar-refractivity contribution < 1.29 is 19.4 Å². The number of carboxylic acids is 1. The number of ether oxygens (including phenoxy) is 1. The predicted molar refractivity (Wildman–Crippen MR) is 74.9 cm³/mol. The van der Waals surface area contributed by atoms with Crippen LogP contribution in [-0.2, 0) is 9.53 Å². The third kappa shape index (κ3) is 3.29. The maximum absolute atomic E-state index is 11.6. The molecule has 0 aromatic carbocycles. The molecule has 1 aliphatic heterocycles. The summed E-state index contributed by atoms with van der Waals surface area (Å²) in [6.07, 6.45) is -0.324. The lowest BCUT2D eigenvalue weighted by atomic mass is 10.1. The summed E-state index contributed by atoms with van der Waals surface area (Å²) >= 11 is 1.49. The minimum Gasteiger partial charge on any atom is -0.480 e. The van der Waals surface area contributed by atoms with Gasteiger partial charge in [-0.1, -0.05) is 0 Å². The third-order valence-electron chi connectivity index (χ3n) is 3.30. The van der Waals surface area contributed by atoms with E-state index in [1.807, 2.05) is 21.7 Å². The molecule has 1 N–H and O–H groups in total. The molecule has 0 saturated carbocycles. The summed E-state index contributed by atoms with van der Waals surface area (Å²) in [6, 6.07) is 1.20. The molecule has 110 valence electrons. The predicted octanol–water partition coefficient (Wildman–Crippen LogP) is 1.65. The van der Waals surface area contributed by atoms with Crippen molar-refractivity contribution >= 4 is 23.4 Å². The molecule has 1 unspecified atom stereocenters. The zero-order chi connectivity index (χ0) is 14.5. The number of carbonyl (C=O) groups excluding carboxylic acids is 1. The van der Waals surface area contributed by atoms with E-state index >= 15 is 0 Å². The maximum Gasteiger partial charge on any atom is 0.409 e. The van der Waals surface area contributed by atoms with Gasteiger partial charge in [-0.3, -0.25) is 9.69 Å². The highest BCUT2D eigenvalue weighted by molar-refractivity contribution is 7.08. The van der Waals surface area contributed by atoms with Crippen LogP contribution in [-0.4, -0.2) is 59.8 Å². The Bertz CT molecular complexity index is 455. The van der Waals surface area contributed by atoms with E-state index in [9.17, 15) is 14.7 Å². The lowest BCUT2D eigenvalue weighted by Gasteiger charge is -2.36. The summed E-state index contributed by atoms with van der Waals surface area (Å²) in [5.74, 6) is -0.854. The van der Waals surface area contributed by atoms with Gasteiger partial charge in [0, 0.05) is 26.2 Å². The van der Waals surface area contributed by atoms with E-state index in [0.29, 0.717) is 32.8 Å². The Kier molecular flexibility index (Phi) is 4.97. The van der Waals surface area contributed by atoms with Gasteiger partial charge in [0.1, 0.15) is 6.04 Å². The van der Waals surface area contributed by atoms with Crippen LogP contribution in [0.5, 0.6) is 0 Å². The number of piperazine rings is 1. The molecule has 2 rings (SSSR count). The van der Waals surface area contributed by atoms with Crippen LogP contribution >= 0.6 is 11.3 Å². The summed E-state index contributed by atoms with van der Waals surface area (Å²) in [7, 11) is 0. The second kappa shape index (κ2) is 6.71. The Hall–Kier alpha value is -1.60. The van der Waals surface area contributed by atoms with E-state index in [1.165, 1.54) is 11.3 Å². The molecule has 6 nitrogen and oxygen atoms in total. The average molecular weight is 298 g/mol. The van der Waals surface area contributed by atoms with Gasteiger partial charge in [0.15, 0.2) is 0 Å². The van der Waals surface area contributed by atoms with Crippen LogP contribution in [0.3, 0.4) is 0 Å². The third-order valence-corrected chi connectivity index (χ3v) is 4.00. The molecule has 1 fully saturated rings. The van der Waals surface area contributed by atoms with Gasteiger partial charge in [-0.05, 0) is 29.3 Å². The zero-order valence-electron chi connectivity index (χ0n) is 11.3. The first-order valence-electron chi connectivity index (χ1n) is 6.54. The summed E-state index contributed by atoms with van der Waals surface area (Å²) in [4.78, 5) is 26.6. The first-order chi connectivity index (χ1) is 9.63. The van der Waals surface area contributed by atoms with Gasteiger partial charge in [-0.25, -0.2) is 4.79 Å². The Morgan fingerprint density at radius 3 is 2.60 bits per heavy atom. The van der Waals surface area contributed by atoms with Crippen LogP contribution in [0.15, 0.2) is 16.8 Å². The maximum atomic E-state index is 11.6. The minimum atomic E-state index is -0.854. The number of amides is 1. The molecule has 2 heterocycles. The highest BCUT2D eigenvalue weighted by Gasteiger charge is 2.31. The fraction of sp³-hybridized carbons (Fsp3) is 0.538. The van der Waals surface area contributed by atoms with E-state index < -0.39 is 12.0 Å². The molecule has 20 heavy (non-hydrogen) atoms. The average Bonchev–Trinajstić information content (AvgIpc) is 2.93. The summed E-state index contributed by atoms with van der Waals surface area (Å²) in [5.41, 5.74) is 0.798. The number of carboxylic acid groups (broad SMARTS) is 1. The number of carbonyl (C=O) groups is 2. The van der Waals surface area contributed by atoms with Crippen LogP contribution < -0.4 is 0 Å². The largest absolute Gasteiger partial charge is 0.480 e. The number of rotatable bonds is 4. The van der Waals surface area contributed by atoms with Crippen molar-refractivity contribution in [3.63, 3.8) is 0 Å². The SMILES string of the molecule is CCOC(=O)N1CCN(C(C(=O)O)c2ccsc2)CC1. The monoisotopic (exact) mass is 298 g/mol. The number of nitrogens with zero attached hydrogens (tertiary/aromatic N) is 2. The van der Waals surface area contributed by atoms with Crippen molar-refractivity contribution in [2.24, 2.45) is 0 Å². The standard InChI is InChI=1S/C13H18N2O4S/c1-2-19-13(18)15-6-4-14(5-7-15)11(12(16)17)10-3-8-20-9-10/h3,8-9,11H,2,4-7H2,1H3,(H,16,17). The van der Waals surface area contributed by atoms with Crippen molar-refractivity contribution in [1.82, 2.24) is 9.80 Å². The van der Waals surface area contributed by atoms with E-state index in [1.54, 1.807) is 11.8 Å². The van der Waals surface area contributed by atoms with Crippen LogP contribution in [0.1, 0.15) is 18.5 Å². The fourth-order valence-electron chi connectivity index (χ4n) is 2.32. The first-order valence-corrected chi connectivity index (χ1v) is 7.48. The highest BCUT2D eigenvalue weighted by Crippen LogP contribution is 2.24. The summed E-state index contributed by atoms with van der Waals surface area (Å²) in [5, 5.41) is 13.1. The molecule has 1 atom stereocenters. The first kappa shape index (κ1) is 14.8. The van der Waals surface area contributed by atoms with Crippen molar-refractivity contribution in [3.05, 3.63) is 22.4 Å². The smallest absolute Gasteiger partial charge is 0.409 e. The van der Waals surface area contributed by atoms with Crippen LogP contribution in [0.4, 0.5) is 4.79 Å². The van der Waals surface area contributed by atoms with Crippen molar-refractivity contribution in [3.8, 4) is 0 Å². The van der Waals surface area contributed by atoms with Crippen molar-refractivity contribution in [2.45, 2.75) is 13.0 Å². The van der Waals surface area contributed by atoms with Gasteiger partial charge in [0.25, 0.3) is 0 Å². The molecular weight excluding hydrogens is 280 g/mol. The molecule has 1 aromatic rings. The van der Waals surface area contributed by atoms with Crippen molar-refractivity contribution in [1.29, 1.82) is 0 Å². The zero-order valence-corrected chi connectivity index (χ0v) is 12.1. The van der Waals surface area contributed by atoms with Crippen LogP contribution in [0.2, 0.25) is 0 Å². The van der Waals surface area contributed by atoms with Gasteiger partial charge in [0.05, 0.1) is 6.61 Å². The molecular formula is C13H18N2O4S. The van der Waals surface area contributed by atoms with Gasteiger partial charge in [-0.15, -0.1) is 0 Å². The van der Waals surface area contributed by atoms with Crippen LogP contribution in [0, 0.1) is 0 Å². The second-order valence-electron chi connectivity index (χ2n) is 4.52. The molecule has 0 radical (unpaired) electrons. The molecule has 0 spiro atoms. The molecule has 1 aliphatic rings. The fourth-order valence-corrected chi connectivity index (χ4v) is 3.00. The second-order valence-corrected chi connectivity index (χ2v) is 5.30. The van der Waals surface area contributed by atoms with Gasteiger partial charge >= 0.3 is 12.1 Å². The molecule has 1 amide bonds. The Morgan fingerprint density at radius 2 is 2.10 bits per heavy atom. The van der Waals surface area contributed by atoms with Crippen LogP contribution in [0.25, 0.3) is 0 Å². The Morgan fingerprint density at radius 1 is 1.40 bits per heavy atom. The quantitative estimate of drug-likeness (QED) is 0.915. The topological polar surface area (TPSA) is 70.1 Å². The van der Waals surface area contributed by atoms with E-state index in [0.717, 1.165) is 5.56 Å². The highest BCUT2D eigenvalue weighted by atomic mass is 32.1. The Balaban J connectivity index is 1.98. The summed E-state index contributed by atoms with van der Waals surface area (Å²) < 4.78 is 4.95. The number of thiophene rings is 1. The van der Waals surface area contributed by atoms with Crippen molar-refractivity contribution in [2.75, 3.05) is 32.8 Å². The van der Waals surface area contributed by atoms with E-state index in [2.05, 4.69) is 0 Å². The lowest BCUT2D eigenvalue weighted by molar-refractivity contribution is -0.144.